The number of nitrogens with zero attached hydrogens (tertiary/aromatic N) is 3. The van der Waals surface area contributed by atoms with Crippen LogP contribution < -0.4 is 10.5 Å². The number of unbranched alkanes of at least 4 members (excludes halogenated alkanes) is 1. The molecule has 0 amide bonds. The lowest BCUT2D eigenvalue weighted by Gasteiger charge is -2.12. The van der Waals surface area contributed by atoms with Gasteiger partial charge in [-0.2, -0.15) is 0 Å². The fourth-order valence-corrected chi connectivity index (χ4v) is 3.02. The summed E-state index contributed by atoms with van der Waals surface area (Å²) in [4.78, 5) is 0. The standard InChI is InChI=1S/C25H26N4O/c1-4-6-17-30-23-15-13-20(14-16-23)24-27-28-25(21(10-5-2)18-19(3)26)29(24)22-11-8-7-9-12-22/h2,7-16,18H,4,6,17,26H2,1,3H3/b19-18+,21-10+. The lowest BCUT2D eigenvalue weighted by atomic mass is 10.1. The van der Waals surface area contributed by atoms with Gasteiger partial charge in [-0.1, -0.05) is 37.5 Å². The maximum Gasteiger partial charge on any atom is 0.169 e. The summed E-state index contributed by atoms with van der Waals surface area (Å²) in [5, 5.41) is 8.91. The van der Waals surface area contributed by atoms with Crippen LogP contribution in [0.5, 0.6) is 5.75 Å². The van der Waals surface area contributed by atoms with Crippen LogP contribution in [0, 0.1) is 12.3 Å². The number of nitrogens with two attached hydrogens (primary N) is 1. The molecule has 0 unspecified atom stereocenters. The SMILES string of the molecule is C#C/C=C(\C=C(/C)N)c1nnc(-c2ccc(OCCCC)cc2)n1-c1ccccc1. The van der Waals surface area contributed by atoms with E-state index in [1.165, 1.54) is 0 Å². The number of rotatable bonds is 8. The molecule has 0 saturated heterocycles. The normalized spacial score (nSPS) is 11.9. The van der Waals surface area contributed by atoms with E-state index in [4.69, 9.17) is 16.9 Å². The molecule has 0 radical (unpaired) electrons. The summed E-state index contributed by atoms with van der Waals surface area (Å²) in [5.74, 6) is 4.75. The molecular formula is C25H26N4O. The third-order valence-corrected chi connectivity index (χ3v) is 4.44. The van der Waals surface area contributed by atoms with Crippen molar-refractivity contribution >= 4 is 5.57 Å². The predicted molar refractivity (Wildman–Crippen MR) is 122 cm³/mol. The highest BCUT2D eigenvalue weighted by molar-refractivity contribution is 5.75. The van der Waals surface area contributed by atoms with Crippen LogP contribution in [0.1, 0.15) is 32.5 Å². The van der Waals surface area contributed by atoms with E-state index >= 15 is 0 Å². The van der Waals surface area contributed by atoms with Gasteiger partial charge in [0.05, 0.1) is 6.61 Å². The Morgan fingerprint density at radius 2 is 1.87 bits per heavy atom. The molecule has 0 spiro atoms. The number of hydrogen-bond acceptors (Lipinski definition) is 4. The highest BCUT2D eigenvalue weighted by atomic mass is 16.5. The van der Waals surface area contributed by atoms with Gasteiger partial charge in [0.1, 0.15) is 5.75 Å². The number of benzene rings is 2. The molecule has 3 rings (SSSR count). The van der Waals surface area contributed by atoms with E-state index in [9.17, 15) is 0 Å². The average Bonchev–Trinajstić information content (AvgIpc) is 3.19. The lowest BCUT2D eigenvalue weighted by Crippen LogP contribution is -2.03. The predicted octanol–water partition coefficient (Wildman–Crippen LogP) is 4.99. The molecule has 2 aromatic carbocycles. The highest BCUT2D eigenvalue weighted by Gasteiger charge is 2.18. The summed E-state index contributed by atoms with van der Waals surface area (Å²) in [6.07, 6.45) is 11.1. The van der Waals surface area contributed by atoms with E-state index in [0.29, 0.717) is 24.0 Å². The fourth-order valence-electron chi connectivity index (χ4n) is 3.02. The molecule has 2 N–H and O–H groups in total. The lowest BCUT2D eigenvalue weighted by molar-refractivity contribution is 0.309. The largest absolute Gasteiger partial charge is 0.494 e. The first-order chi connectivity index (χ1) is 14.6. The Morgan fingerprint density at radius 1 is 1.13 bits per heavy atom. The summed E-state index contributed by atoms with van der Waals surface area (Å²) >= 11 is 0. The van der Waals surface area contributed by atoms with Crippen LogP contribution in [0.3, 0.4) is 0 Å². The molecule has 30 heavy (non-hydrogen) atoms. The van der Waals surface area contributed by atoms with Crippen molar-refractivity contribution < 1.29 is 4.74 Å². The van der Waals surface area contributed by atoms with Crippen LogP contribution in [0.25, 0.3) is 22.6 Å². The summed E-state index contributed by atoms with van der Waals surface area (Å²) < 4.78 is 7.76. The number of para-hydroxylation sites is 1. The van der Waals surface area contributed by atoms with Crippen molar-refractivity contribution in [2.24, 2.45) is 5.73 Å². The van der Waals surface area contributed by atoms with Crippen LogP contribution in [-0.2, 0) is 0 Å². The molecule has 0 atom stereocenters. The average molecular weight is 399 g/mol. The van der Waals surface area contributed by atoms with Crippen LogP contribution in [0.15, 0.2) is 72.4 Å². The third-order valence-electron chi connectivity index (χ3n) is 4.44. The number of allylic oxidation sites excluding steroid dienone is 4. The minimum absolute atomic E-state index is 0.627. The van der Waals surface area contributed by atoms with Crippen molar-refractivity contribution in [1.82, 2.24) is 14.8 Å². The van der Waals surface area contributed by atoms with Crippen molar-refractivity contribution in [2.75, 3.05) is 6.61 Å². The summed E-state index contributed by atoms with van der Waals surface area (Å²) in [6, 6.07) is 17.8. The van der Waals surface area contributed by atoms with E-state index in [-0.39, 0.29) is 0 Å². The quantitative estimate of drug-likeness (QED) is 0.330. The van der Waals surface area contributed by atoms with Crippen molar-refractivity contribution in [3.05, 3.63) is 78.3 Å². The summed E-state index contributed by atoms with van der Waals surface area (Å²) in [5.41, 5.74) is 9.13. The Kier molecular flexibility index (Phi) is 7.07. The molecule has 3 aromatic rings. The van der Waals surface area contributed by atoms with Crippen molar-refractivity contribution in [2.45, 2.75) is 26.7 Å². The van der Waals surface area contributed by atoms with Crippen LogP contribution in [-0.4, -0.2) is 21.4 Å². The minimum Gasteiger partial charge on any atom is -0.494 e. The zero-order chi connectivity index (χ0) is 21.3. The number of hydrogen-bond donors (Lipinski definition) is 1. The van der Waals surface area contributed by atoms with Crippen molar-refractivity contribution in [3.63, 3.8) is 0 Å². The van der Waals surface area contributed by atoms with Gasteiger partial charge in [-0.15, -0.1) is 16.6 Å². The Hall–Kier alpha value is -3.78. The molecule has 0 aliphatic rings. The van der Waals surface area contributed by atoms with Crippen molar-refractivity contribution in [1.29, 1.82) is 0 Å². The maximum atomic E-state index is 5.91. The first-order valence-corrected chi connectivity index (χ1v) is 9.98. The number of ether oxygens (including phenoxy) is 1. The zero-order valence-corrected chi connectivity index (χ0v) is 17.4. The number of aromatic nitrogens is 3. The third kappa shape index (κ3) is 4.98. The molecule has 0 saturated carbocycles. The second kappa shape index (κ2) is 10.1. The molecular weight excluding hydrogens is 372 g/mol. The monoisotopic (exact) mass is 398 g/mol. The van der Waals surface area contributed by atoms with E-state index < -0.39 is 0 Å². The Morgan fingerprint density at radius 3 is 2.50 bits per heavy atom. The molecule has 0 bridgehead atoms. The topological polar surface area (TPSA) is 66.0 Å². The zero-order valence-electron chi connectivity index (χ0n) is 17.4. The highest BCUT2D eigenvalue weighted by Crippen LogP contribution is 2.28. The molecule has 0 aliphatic carbocycles. The van der Waals surface area contributed by atoms with Gasteiger partial charge in [0.2, 0.25) is 0 Å². The van der Waals surface area contributed by atoms with Gasteiger partial charge in [0.15, 0.2) is 11.6 Å². The van der Waals surface area contributed by atoms with Gasteiger partial charge in [-0.3, -0.25) is 4.57 Å². The second-order valence-corrected chi connectivity index (χ2v) is 6.90. The molecule has 5 nitrogen and oxygen atoms in total. The Labute approximate surface area is 177 Å². The van der Waals surface area contributed by atoms with E-state index in [2.05, 4.69) is 23.0 Å². The van der Waals surface area contributed by atoms with Gasteiger partial charge in [-0.25, -0.2) is 0 Å². The fraction of sp³-hybridized carbons (Fsp3) is 0.200. The molecule has 5 heteroatoms. The van der Waals surface area contributed by atoms with Gasteiger partial charge in [-0.05, 0) is 61.9 Å². The maximum absolute atomic E-state index is 5.91. The Balaban J connectivity index is 2.08. The minimum atomic E-state index is 0.627. The van der Waals surface area contributed by atoms with E-state index in [1.54, 1.807) is 12.2 Å². The molecule has 0 fully saturated rings. The van der Waals surface area contributed by atoms with Crippen molar-refractivity contribution in [3.8, 4) is 35.2 Å². The Bertz CT molecular complexity index is 1070. The molecule has 152 valence electrons. The van der Waals surface area contributed by atoms with Gasteiger partial charge in [0.25, 0.3) is 0 Å². The van der Waals surface area contributed by atoms with E-state index in [0.717, 1.165) is 35.4 Å². The number of terminal acetylenes is 1. The van der Waals surface area contributed by atoms with Gasteiger partial charge >= 0.3 is 0 Å². The first kappa shape index (κ1) is 20.9. The van der Waals surface area contributed by atoms with Gasteiger partial charge in [0, 0.05) is 22.5 Å². The second-order valence-electron chi connectivity index (χ2n) is 6.90. The van der Waals surface area contributed by atoms with Crippen LogP contribution >= 0.6 is 0 Å². The van der Waals surface area contributed by atoms with Gasteiger partial charge < -0.3 is 10.5 Å². The summed E-state index contributed by atoms with van der Waals surface area (Å²) in [7, 11) is 0. The summed E-state index contributed by atoms with van der Waals surface area (Å²) in [6.45, 7) is 4.67. The van der Waals surface area contributed by atoms with Crippen LogP contribution in [0.4, 0.5) is 0 Å². The first-order valence-electron chi connectivity index (χ1n) is 9.98. The smallest absolute Gasteiger partial charge is 0.169 e. The molecule has 1 heterocycles. The van der Waals surface area contributed by atoms with Crippen LogP contribution in [0.2, 0.25) is 0 Å². The molecule has 1 aromatic heterocycles. The van der Waals surface area contributed by atoms with E-state index in [1.807, 2.05) is 66.1 Å². The molecule has 0 aliphatic heterocycles.